The zero-order valence-corrected chi connectivity index (χ0v) is 16.3. The van der Waals surface area contributed by atoms with E-state index in [9.17, 15) is 4.79 Å². The minimum atomic E-state index is -0.0731. The van der Waals surface area contributed by atoms with E-state index in [4.69, 9.17) is 9.47 Å². The number of halogens is 1. The summed E-state index contributed by atoms with van der Waals surface area (Å²) in [7, 11) is 3.17. The van der Waals surface area contributed by atoms with Gasteiger partial charge < -0.3 is 20.1 Å². The Morgan fingerprint density at radius 1 is 1.30 bits per heavy atom. The van der Waals surface area contributed by atoms with Crippen LogP contribution in [0, 0.1) is 0 Å². The van der Waals surface area contributed by atoms with Crippen molar-refractivity contribution in [3.63, 3.8) is 0 Å². The minimum Gasteiger partial charge on any atom is -0.497 e. The van der Waals surface area contributed by atoms with Crippen molar-refractivity contribution in [2.75, 3.05) is 45.7 Å². The molecule has 2 N–H and O–H groups in total. The monoisotopic (exact) mass is 392 g/mol. The molecule has 2 heterocycles. The normalized spacial score (nSPS) is 16.9. The summed E-state index contributed by atoms with van der Waals surface area (Å²) >= 11 is 0. The van der Waals surface area contributed by atoms with E-state index in [1.807, 2.05) is 18.3 Å². The lowest BCUT2D eigenvalue weighted by Crippen LogP contribution is -2.48. The second kappa shape index (κ2) is 10.1. The van der Waals surface area contributed by atoms with E-state index in [0.29, 0.717) is 23.7 Å². The van der Waals surface area contributed by atoms with Gasteiger partial charge >= 0.3 is 0 Å². The number of nitrogens with one attached hydrogen (secondary N) is 2. The van der Waals surface area contributed by atoms with E-state index in [1.165, 1.54) is 0 Å². The Labute approximate surface area is 165 Å². The van der Waals surface area contributed by atoms with Crippen molar-refractivity contribution in [2.24, 2.45) is 0 Å². The molecule has 1 atom stereocenters. The van der Waals surface area contributed by atoms with Gasteiger partial charge in [0, 0.05) is 62.0 Å². The number of hydrogen-bond acceptors (Lipinski definition) is 6. The standard InChI is InChI=1S/C19H24N4O3.ClH/c1-25-16-8-15(9-17(10-16)26-2)22-19(24)13-23-7-6-21-12-18(23)14-4-3-5-20-11-14;/h3-5,8-11,18,21H,6-7,12-13H2,1-2H3,(H,22,24);1H. The van der Waals surface area contributed by atoms with Crippen LogP contribution >= 0.6 is 12.4 Å². The molecule has 1 unspecified atom stereocenters. The van der Waals surface area contributed by atoms with Crippen molar-refractivity contribution < 1.29 is 14.3 Å². The van der Waals surface area contributed by atoms with Gasteiger partial charge in [-0.3, -0.25) is 14.7 Å². The molecule has 3 rings (SSSR count). The molecule has 0 radical (unpaired) electrons. The number of carbonyl (C=O) groups is 1. The van der Waals surface area contributed by atoms with E-state index in [2.05, 4.69) is 20.5 Å². The summed E-state index contributed by atoms with van der Waals surface area (Å²) in [6.07, 6.45) is 3.61. The number of anilines is 1. The van der Waals surface area contributed by atoms with Crippen LogP contribution in [0.5, 0.6) is 11.5 Å². The molecule has 2 aromatic rings. The van der Waals surface area contributed by atoms with Crippen LogP contribution in [0.4, 0.5) is 5.69 Å². The van der Waals surface area contributed by atoms with E-state index in [1.54, 1.807) is 38.6 Å². The third-order valence-electron chi connectivity index (χ3n) is 4.41. The molecule has 0 bridgehead atoms. The molecule has 1 aliphatic rings. The van der Waals surface area contributed by atoms with Crippen LogP contribution in [-0.2, 0) is 4.79 Å². The summed E-state index contributed by atoms with van der Waals surface area (Å²) in [5, 5.41) is 6.32. The van der Waals surface area contributed by atoms with Gasteiger partial charge in [-0.1, -0.05) is 6.07 Å². The Morgan fingerprint density at radius 2 is 2.04 bits per heavy atom. The van der Waals surface area contributed by atoms with Gasteiger partial charge in [-0.25, -0.2) is 0 Å². The van der Waals surface area contributed by atoms with E-state index >= 15 is 0 Å². The molecule has 7 nitrogen and oxygen atoms in total. The smallest absolute Gasteiger partial charge is 0.238 e. The largest absolute Gasteiger partial charge is 0.497 e. The summed E-state index contributed by atoms with van der Waals surface area (Å²) < 4.78 is 10.5. The fraction of sp³-hybridized carbons (Fsp3) is 0.368. The molecule has 1 saturated heterocycles. The first-order valence-corrected chi connectivity index (χ1v) is 8.57. The highest BCUT2D eigenvalue weighted by Crippen LogP contribution is 2.26. The third-order valence-corrected chi connectivity index (χ3v) is 4.41. The zero-order valence-electron chi connectivity index (χ0n) is 15.5. The van der Waals surface area contributed by atoms with Gasteiger partial charge in [0.15, 0.2) is 0 Å². The number of amides is 1. The van der Waals surface area contributed by atoms with Gasteiger partial charge in [-0.15, -0.1) is 12.4 Å². The Kier molecular flexibility index (Phi) is 7.84. The average molecular weight is 393 g/mol. The van der Waals surface area contributed by atoms with Crippen molar-refractivity contribution in [3.8, 4) is 11.5 Å². The lowest BCUT2D eigenvalue weighted by atomic mass is 10.1. The topological polar surface area (TPSA) is 75.7 Å². The molecular weight excluding hydrogens is 368 g/mol. The second-order valence-electron chi connectivity index (χ2n) is 6.13. The molecule has 1 fully saturated rings. The highest BCUT2D eigenvalue weighted by Gasteiger charge is 2.25. The predicted molar refractivity (Wildman–Crippen MR) is 107 cm³/mol. The number of hydrogen-bond donors (Lipinski definition) is 2. The number of aromatic nitrogens is 1. The number of nitrogens with zero attached hydrogens (tertiary/aromatic N) is 2. The van der Waals surface area contributed by atoms with Gasteiger partial charge in [0.1, 0.15) is 11.5 Å². The molecule has 27 heavy (non-hydrogen) atoms. The number of pyridine rings is 1. The first-order valence-electron chi connectivity index (χ1n) is 8.57. The van der Waals surface area contributed by atoms with Crippen molar-refractivity contribution >= 4 is 24.0 Å². The van der Waals surface area contributed by atoms with E-state index in [-0.39, 0.29) is 24.4 Å². The second-order valence-corrected chi connectivity index (χ2v) is 6.13. The Bertz CT molecular complexity index is 723. The lowest BCUT2D eigenvalue weighted by molar-refractivity contribution is -0.118. The van der Waals surface area contributed by atoms with Crippen molar-refractivity contribution in [3.05, 3.63) is 48.3 Å². The maximum atomic E-state index is 12.6. The highest BCUT2D eigenvalue weighted by molar-refractivity contribution is 5.92. The van der Waals surface area contributed by atoms with Crippen LogP contribution in [0.2, 0.25) is 0 Å². The number of methoxy groups -OCH3 is 2. The van der Waals surface area contributed by atoms with Crippen LogP contribution in [-0.4, -0.2) is 56.2 Å². The number of benzene rings is 1. The quantitative estimate of drug-likeness (QED) is 0.784. The van der Waals surface area contributed by atoms with Crippen LogP contribution < -0.4 is 20.1 Å². The van der Waals surface area contributed by atoms with Crippen molar-refractivity contribution in [2.45, 2.75) is 6.04 Å². The molecular formula is C19H25ClN4O3. The van der Waals surface area contributed by atoms with Gasteiger partial charge in [0.2, 0.25) is 5.91 Å². The first-order chi connectivity index (χ1) is 12.7. The maximum absolute atomic E-state index is 12.6. The molecule has 8 heteroatoms. The first kappa shape index (κ1) is 21.0. The van der Waals surface area contributed by atoms with Crippen LogP contribution in [0.3, 0.4) is 0 Å². The average Bonchev–Trinajstić information content (AvgIpc) is 2.68. The van der Waals surface area contributed by atoms with Crippen LogP contribution in [0.25, 0.3) is 0 Å². The van der Waals surface area contributed by atoms with Crippen LogP contribution in [0.15, 0.2) is 42.7 Å². The fourth-order valence-corrected chi connectivity index (χ4v) is 3.10. The Balaban J connectivity index is 0.00000261. The summed E-state index contributed by atoms with van der Waals surface area (Å²) in [6, 6.07) is 9.41. The molecule has 0 spiro atoms. The molecule has 1 amide bonds. The van der Waals surface area contributed by atoms with Crippen molar-refractivity contribution in [1.29, 1.82) is 0 Å². The summed E-state index contributed by atoms with van der Waals surface area (Å²) in [5.41, 5.74) is 1.76. The van der Waals surface area contributed by atoms with E-state index in [0.717, 1.165) is 25.2 Å². The number of piperazine rings is 1. The molecule has 146 valence electrons. The number of rotatable bonds is 6. The Morgan fingerprint density at radius 3 is 2.67 bits per heavy atom. The molecule has 0 aliphatic carbocycles. The zero-order chi connectivity index (χ0) is 18.4. The minimum absolute atomic E-state index is 0. The van der Waals surface area contributed by atoms with Gasteiger partial charge in [0.05, 0.1) is 20.8 Å². The summed E-state index contributed by atoms with van der Waals surface area (Å²) in [4.78, 5) is 18.9. The van der Waals surface area contributed by atoms with E-state index < -0.39 is 0 Å². The maximum Gasteiger partial charge on any atom is 0.238 e. The molecule has 1 aromatic heterocycles. The fourth-order valence-electron chi connectivity index (χ4n) is 3.10. The van der Waals surface area contributed by atoms with Gasteiger partial charge in [-0.2, -0.15) is 0 Å². The highest BCUT2D eigenvalue weighted by atomic mass is 35.5. The molecule has 0 saturated carbocycles. The molecule has 1 aromatic carbocycles. The third kappa shape index (κ3) is 5.56. The number of carbonyl (C=O) groups excluding carboxylic acids is 1. The van der Waals surface area contributed by atoms with Crippen molar-refractivity contribution in [1.82, 2.24) is 15.2 Å². The van der Waals surface area contributed by atoms with Gasteiger partial charge in [-0.05, 0) is 11.6 Å². The van der Waals surface area contributed by atoms with Gasteiger partial charge in [0.25, 0.3) is 0 Å². The molecule has 1 aliphatic heterocycles. The number of ether oxygens (including phenoxy) is 2. The SMILES string of the molecule is COc1cc(NC(=O)CN2CCNCC2c2cccnc2)cc(OC)c1.Cl. The summed E-state index contributed by atoms with van der Waals surface area (Å²) in [6.45, 7) is 2.76. The lowest BCUT2D eigenvalue weighted by Gasteiger charge is -2.35. The predicted octanol–water partition coefficient (Wildman–Crippen LogP) is 2.11. The van der Waals surface area contributed by atoms with Crippen LogP contribution in [0.1, 0.15) is 11.6 Å². The summed E-state index contributed by atoms with van der Waals surface area (Å²) in [5.74, 6) is 1.20. The Hall–Kier alpha value is -2.35.